The molecule has 0 radical (unpaired) electrons. The average Bonchev–Trinajstić information content (AvgIpc) is 3.05. The van der Waals surface area contributed by atoms with Crippen LogP contribution in [-0.4, -0.2) is 72.2 Å². The van der Waals surface area contributed by atoms with Crippen LogP contribution in [0.25, 0.3) is 0 Å². The van der Waals surface area contributed by atoms with Gasteiger partial charge in [0, 0.05) is 57.2 Å². The molecule has 2 amide bonds. The lowest BCUT2D eigenvalue weighted by Crippen LogP contribution is -2.52. The topological polar surface area (TPSA) is 88.2 Å². The molecule has 0 saturated carbocycles. The number of esters is 1. The first kappa shape index (κ1) is 23.3. The van der Waals surface area contributed by atoms with Crippen LogP contribution in [0, 0.1) is 0 Å². The van der Waals surface area contributed by atoms with E-state index < -0.39 is 11.6 Å². The van der Waals surface area contributed by atoms with E-state index in [1.54, 1.807) is 18.7 Å². The minimum atomic E-state index is -0.956. The third kappa shape index (κ3) is 5.05. The number of rotatable bonds is 5. The van der Waals surface area contributed by atoms with Gasteiger partial charge in [0.05, 0.1) is 12.2 Å². The zero-order chi connectivity index (χ0) is 23.4. The molecular formula is C25H33N3O5. The molecule has 1 aromatic rings. The minimum absolute atomic E-state index is 0.0668. The molecule has 4 rings (SSSR count). The lowest BCUT2D eigenvalue weighted by atomic mass is 9.82. The van der Waals surface area contributed by atoms with Crippen molar-refractivity contribution in [2.45, 2.75) is 57.7 Å². The van der Waals surface area contributed by atoms with Gasteiger partial charge in [-0.3, -0.25) is 9.69 Å². The van der Waals surface area contributed by atoms with Gasteiger partial charge in [-0.15, -0.1) is 0 Å². The van der Waals surface area contributed by atoms with E-state index in [0.717, 1.165) is 32.5 Å². The summed E-state index contributed by atoms with van der Waals surface area (Å²) >= 11 is 0. The highest BCUT2D eigenvalue weighted by Gasteiger charge is 2.51. The minimum Gasteiger partial charge on any atom is -0.450 e. The van der Waals surface area contributed by atoms with Gasteiger partial charge in [0.1, 0.15) is 5.60 Å². The monoisotopic (exact) mass is 455 g/mol. The molecule has 0 aliphatic carbocycles. The first-order valence-electron chi connectivity index (χ1n) is 11.9. The van der Waals surface area contributed by atoms with Crippen LogP contribution in [0.15, 0.2) is 41.5 Å². The number of hydrogen-bond acceptors (Lipinski definition) is 6. The molecule has 0 bridgehead atoms. The first-order valence-corrected chi connectivity index (χ1v) is 11.9. The molecular weight excluding hydrogens is 422 g/mol. The quantitative estimate of drug-likeness (QED) is 0.687. The van der Waals surface area contributed by atoms with Crippen LogP contribution in [-0.2, 0) is 25.6 Å². The lowest BCUT2D eigenvalue weighted by molar-refractivity contribution is -0.150. The van der Waals surface area contributed by atoms with E-state index in [1.807, 2.05) is 6.07 Å². The van der Waals surface area contributed by atoms with E-state index in [9.17, 15) is 14.4 Å². The van der Waals surface area contributed by atoms with Crippen molar-refractivity contribution in [1.29, 1.82) is 0 Å². The molecule has 3 heterocycles. The summed E-state index contributed by atoms with van der Waals surface area (Å²) in [7, 11) is 0. The molecule has 2 saturated heterocycles. The number of nitrogens with one attached hydrogen (secondary N) is 1. The van der Waals surface area contributed by atoms with Crippen molar-refractivity contribution in [2.24, 2.45) is 0 Å². The third-order valence-corrected chi connectivity index (χ3v) is 6.92. The highest BCUT2D eigenvalue weighted by atomic mass is 16.6. The normalized spacial score (nSPS) is 21.3. The maximum atomic E-state index is 13.3. The average molecular weight is 456 g/mol. The van der Waals surface area contributed by atoms with E-state index in [1.165, 1.54) is 5.56 Å². The molecule has 1 N–H and O–H groups in total. The summed E-state index contributed by atoms with van der Waals surface area (Å²) in [6.07, 6.45) is 2.15. The summed E-state index contributed by atoms with van der Waals surface area (Å²) in [5.74, 6) is -0.660. The molecule has 1 aromatic carbocycles. The fourth-order valence-electron chi connectivity index (χ4n) is 5.08. The number of carbonyl (C=O) groups is 3. The number of amides is 2. The molecule has 2 fully saturated rings. The third-order valence-electron chi connectivity index (χ3n) is 6.92. The predicted octanol–water partition coefficient (Wildman–Crippen LogP) is 2.63. The van der Waals surface area contributed by atoms with Gasteiger partial charge in [-0.1, -0.05) is 30.3 Å². The Morgan fingerprint density at radius 1 is 1.12 bits per heavy atom. The van der Waals surface area contributed by atoms with Crippen molar-refractivity contribution in [3.05, 3.63) is 47.0 Å². The molecule has 8 heteroatoms. The van der Waals surface area contributed by atoms with Gasteiger partial charge in [-0.2, -0.15) is 0 Å². The Kier molecular flexibility index (Phi) is 7.02. The fourth-order valence-corrected chi connectivity index (χ4v) is 5.08. The first-order chi connectivity index (χ1) is 15.9. The Morgan fingerprint density at radius 3 is 2.42 bits per heavy atom. The molecule has 0 aromatic heterocycles. The van der Waals surface area contributed by atoms with E-state index >= 15 is 0 Å². The van der Waals surface area contributed by atoms with Crippen molar-refractivity contribution in [3.8, 4) is 0 Å². The Hall–Kier alpha value is -2.87. The van der Waals surface area contributed by atoms with Crippen molar-refractivity contribution < 1.29 is 23.9 Å². The maximum absolute atomic E-state index is 13.3. The summed E-state index contributed by atoms with van der Waals surface area (Å²) in [6, 6.07) is 10.5. The van der Waals surface area contributed by atoms with Crippen LogP contribution in [0.3, 0.4) is 0 Å². The summed E-state index contributed by atoms with van der Waals surface area (Å²) in [5.41, 5.74) is 1.14. The van der Waals surface area contributed by atoms with Gasteiger partial charge in [0.15, 0.2) is 0 Å². The Balaban J connectivity index is 1.35. The molecule has 33 heavy (non-hydrogen) atoms. The zero-order valence-electron chi connectivity index (χ0n) is 19.5. The van der Waals surface area contributed by atoms with Gasteiger partial charge in [0.2, 0.25) is 0 Å². The summed E-state index contributed by atoms with van der Waals surface area (Å²) in [6.45, 7) is 7.23. The number of carbonyl (C=O) groups excluding carboxylic acids is 3. The van der Waals surface area contributed by atoms with Gasteiger partial charge in [-0.25, -0.2) is 9.59 Å². The van der Waals surface area contributed by atoms with Crippen molar-refractivity contribution in [1.82, 2.24) is 15.1 Å². The Bertz CT molecular complexity index is 913. The number of benzene rings is 1. The van der Waals surface area contributed by atoms with Crippen LogP contribution >= 0.6 is 0 Å². The van der Waals surface area contributed by atoms with Crippen LogP contribution in [0.4, 0.5) is 4.79 Å². The van der Waals surface area contributed by atoms with Crippen molar-refractivity contribution in [3.63, 3.8) is 0 Å². The van der Waals surface area contributed by atoms with Crippen molar-refractivity contribution in [2.75, 3.05) is 32.8 Å². The number of likely N-dealkylation sites (tertiary alicyclic amines) is 2. The number of ether oxygens (including phenoxy) is 2. The molecule has 3 aliphatic heterocycles. The Labute approximate surface area is 194 Å². The molecule has 0 atom stereocenters. The summed E-state index contributed by atoms with van der Waals surface area (Å²) in [4.78, 5) is 41.8. The van der Waals surface area contributed by atoms with E-state index in [-0.39, 0.29) is 18.0 Å². The summed E-state index contributed by atoms with van der Waals surface area (Å²) < 4.78 is 10.8. The van der Waals surface area contributed by atoms with E-state index in [2.05, 4.69) is 34.5 Å². The van der Waals surface area contributed by atoms with Gasteiger partial charge in [0.25, 0.3) is 5.91 Å². The van der Waals surface area contributed by atoms with Gasteiger partial charge < -0.3 is 19.7 Å². The standard InChI is InChI=1S/C25H33N3O5/c1-3-32-24(31)28-15-11-25(12-16-28)21(18(2)23(30)33-25)22(29)26-20-9-13-27(14-10-20)17-19-7-5-4-6-8-19/h4-8,20H,3,9-17H2,1-2H3,(H,26,29). The molecule has 3 aliphatic rings. The predicted molar refractivity (Wildman–Crippen MR) is 122 cm³/mol. The lowest BCUT2D eigenvalue weighted by Gasteiger charge is -2.39. The van der Waals surface area contributed by atoms with Crippen LogP contribution in [0.1, 0.15) is 45.1 Å². The zero-order valence-corrected chi connectivity index (χ0v) is 19.5. The van der Waals surface area contributed by atoms with E-state index in [0.29, 0.717) is 43.7 Å². The molecule has 8 nitrogen and oxygen atoms in total. The molecule has 1 spiro atoms. The van der Waals surface area contributed by atoms with Gasteiger partial charge in [-0.05, 0) is 32.3 Å². The second-order valence-electron chi connectivity index (χ2n) is 9.08. The van der Waals surface area contributed by atoms with Crippen LogP contribution in [0.5, 0.6) is 0 Å². The highest BCUT2D eigenvalue weighted by molar-refractivity contribution is 6.07. The second kappa shape index (κ2) is 9.95. The molecule has 178 valence electrons. The van der Waals surface area contributed by atoms with Crippen molar-refractivity contribution >= 4 is 18.0 Å². The second-order valence-corrected chi connectivity index (χ2v) is 9.08. The molecule has 0 unspecified atom stereocenters. The smallest absolute Gasteiger partial charge is 0.409 e. The maximum Gasteiger partial charge on any atom is 0.409 e. The number of piperidine rings is 2. The SMILES string of the molecule is CCOC(=O)N1CCC2(CC1)OC(=O)C(C)=C2C(=O)NC1CCN(Cc2ccccc2)CC1. The summed E-state index contributed by atoms with van der Waals surface area (Å²) in [5, 5.41) is 3.16. The fraction of sp³-hybridized carbons (Fsp3) is 0.560. The largest absolute Gasteiger partial charge is 0.450 e. The number of hydrogen-bond donors (Lipinski definition) is 1. The van der Waals surface area contributed by atoms with Crippen LogP contribution < -0.4 is 5.32 Å². The Morgan fingerprint density at radius 2 is 1.79 bits per heavy atom. The number of nitrogens with zero attached hydrogens (tertiary/aromatic N) is 2. The highest BCUT2D eigenvalue weighted by Crippen LogP contribution is 2.41. The van der Waals surface area contributed by atoms with E-state index in [4.69, 9.17) is 9.47 Å². The van der Waals surface area contributed by atoms with Gasteiger partial charge >= 0.3 is 12.1 Å². The van der Waals surface area contributed by atoms with Crippen LogP contribution in [0.2, 0.25) is 0 Å².